The molecule has 0 aromatic heterocycles. The number of amides is 2. The summed E-state index contributed by atoms with van der Waals surface area (Å²) < 4.78 is 9.85. The van der Waals surface area contributed by atoms with E-state index in [9.17, 15) is 24.5 Å². The number of non-ortho nitro benzene ring substituents is 1. The van der Waals surface area contributed by atoms with Gasteiger partial charge in [-0.1, -0.05) is 19.3 Å². The number of carbonyl (C=O) groups is 3. The molecule has 0 spiro atoms. The number of rotatable bonds is 8. The van der Waals surface area contributed by atoms with Crippen LogP contribution in [0.3, 0.4) is 0 Å². The maximum atomic E-state index is 12.0. The molecule has 10 nitrogen and oxygen atoms in total. The largest absolute Gasteiger partial charge is 0.494 e. The van der Waals surface area contributed by atoms with Crippen LogP contribution in [0.5, 0.6) is 5.75 Å². The van der Waals surface area contributed by atoms with Gasteiger partial charge in [0.1, 0.15) is 12.3 Å². The maximum absolute atomic E-state index is 12.0. The molecule has 1 aliphatic carbocycles. The van der Waals surface area contributed by atoms with Crippen molar-refractivity contribution in [3.05, 3.63) is 28.3 Å². The monoisotopic (exact) mass is 393 g/mol. The Morgan fingerprint density at radius 3 is 2.57 bits per heavy atom. The fourth-order valence-corrected chi connectivity index (χ4v) is 2.95. The summed E-state index contributed by atoms with van der Waals surface area (Å²) in [4.78, 5) is 45.8. The van der Waals surface area contributed by atoms with E-state index in [-0.39, 0.29) is 35.5 Å². The third kappa shape index (κ3) is 6.22. The zero-order valence-corrected chi connectivity index (χ0v) is 15.6. The van der Waals surface area contributed by atoms with Gasteiger partial charge in [-0.05, 0) is 18.9 Å². The molecule has 0 radical (unpaired) electrons. The van der Waals surface area contributed by atoms with Crippen molar-refractivity contribution in [2.24, 2.45) is 5.92 Å². The summed E-state index contributed by atoms with van der Waals surface area (Å²) in [6.45, 7) is -0.859. The van der Waals surface area contributed by atoms with Crippen LogP contribution in [0.25, 0.3) is 0 Å². The Balaban J connectivity index is 1.76. The molecule has 1 fully saturated rings. The summed E-state index contributed by atoms with van der Waals surface area (Å²) in [6, 6.07) is 3.70. The fourth-order valence-electron chi connectivity index (χ4n) is 2.95. The first-order chi connectivity index (χ1) is 13.4. The zero-order valence-electron chi connectivity index (χ0n) is 15.6. The number of benzene rings is 1. The summed E-state index contributed by atoms with van der Waals surface area (Å²) in [6.07, 6.45) is 4.78. The molecule has 10 heteroatoms. The van der Waals surface area contributed by atoms with Crippen molar-refractivity contribution in [1.82, 2.24) is 5.32 Å². The van der Waals surface area contributed by atoms with Crippen LogP contribution in [-0.4, -0.2) is 43.0 Å². The number of carbonyl (C=O) groups excluding carboxylic acids is 3. The van der Waals surface area contributed by atoms with Gasteiger partial charge in [-0.15, -0.1) is 0 Å². The highest BCUT2D eigenvalue weighted by molar-refractivity contribution is 5.94. The van der Waals surface area contributed by atoms with Crippen LogP contribution in [0.4, 0.5) is 11.4 Å². The summed E-state index contributed by atoms with van der Waals surface area (Å²) in [5.74, 6) is -1.50. The standard InChI is InChI=1S/C18H23N3O7/c1-27-15-9-13(21(25)26)7-8-14(15)20-16(22)11-28-17(23)10-19-18(24)12-5-3-2-4-6-12/h7-9,12H,2-6,10-11H2,1H3,(H,19,24)(H,20,22). The minimum Gasteiger partial charge on any atom is -0.494 e. The number of anilines is 1. The number of methoxy groups -OCH3 is 1. The van der Waals surface area contributed by atoms with Crippen molar-refractivity contribution in [2.45, 2.75) is 32.1 Å². The number of ether oxygens (including phenoxy) is 2. The second-order valence-electron chi connectivity index (χ2n) is 6.40. The van der Waals surface area contributed by atoms with Crippen LogP contribution in [0, 0.1) is 16.0 Å². The third-order valence-electron chi connectivity index (χ3n) is 4.42. The Labute approximate surface area is 161 Å². The number of hydrogen-bond acceptors (Lipinski definition) is 7. The Morgan fingerprint density at radius 1 is 1.21 bits per heavy atom. The molecule has 0 unspecified atom stereocenters. The van der Waals surface area contributed by atoms with Gasteiger partial charge in [-0.25, -0.2) is 0 Å². The van der Waals surface area contributed by atoms with Gasteiger partial charge in [0.2, 0.25) is 5.91 Å². The molecule has 0 heterocycles. The fraction of sp³-hybridized carbons (Fsp3) is 0.500. The molecule has 2 amide bonds. The van der Waals surface area contributed by atoms with Crippen LogP contribution in [0.15, 0.2) is 18.2 Å². The highest BCUT2D eigenvalue weighted by Gasteiger charge is 2.21. The van der Waals surface area contributed by atoms with Crippen molar-refractivity contribution in [2.75, 3.05) is 25.6 Å². The molecule has 2 N–H and O–H groups in total. The molecule has 1 aromatic carbocycles. The average molecular weight is 393 g/mol. The molecule has 1 aromatic rings. The Kier molecular flexibility index (Phi) is 7.73. The first kappa shape index (κ1) is 21.1. The first-order valence-electron chi connectivity index (χ1n) is 8.96. The Hall–Kier alpha value is -3.17. The zero-order chi connectivity index (χ0) is 20.5. The minimum atomic E-state index is -0.727. The number of nitrogens with one attached hydrogen (secondary N) is 2. The molecule has 1 aliphatic rings. The maximum Gasteiger partial charge on any atom is 0.325 e. The van der Waals surface area contributed by atoms with Crippen molar-refractivity contribution in [1.29, 1.82) is 0 Å². The lowest BCUT2D eigenvalue weighted by atomic mass is 9.89. The van der Waals surface area contributed by atoms with Crippen LogP contribution < -0.4 is 15.4 Å². The van der Waals surface area contributed by atoms with E-state index in [1.54, 1.807) is 0 Å². The predicted octanol–water partition coefficient (Wildman–Crippen LogP) is 1.78. The van der Waals surface area contributed by atoms with Gasteiger partial charge in [-0.3, -0.25) is 24.5 Å². The Bertz CT molecular complexity index is 745. The molecule has 0 bridgehead atoms. The van der Waals surface area contributed by atoms with Gasteiger partial charge >= 0.3 is 5.97 Å². The van der Waals surface area contributed by atoms with E-state index in [0.29, 0.717) is 0 Å². The quantitative estimate of drug-likeness (QED) is 0.390. The molecule has 152 valence electrons. The summed E-state index contributed by atoms with van der Waals surface area (Å²) in [7, 11) is 1.31. The summed E-state index contributed by atoms with van der Waals surface area (Å²) in [5, 5.41) is 15.7. The van der Waals surface area contributed by atoms with E-state index >= 15 is 0 Å². The minimum absolute atomic E-state index is 0.0700. The number of esters is 1. The van der Waals surface area contributed by atoms with Crippen molar-refractivity contribution in [3.8, 4) is 5.75 Å². The smallest absolute Gasteiger partial charge is 0.325 e. The van der Waals surface area contributed by atoms with Gasteiger partial charge in [0.25, 0.3) is 11.6 Å². The van der Waals surface area contributed by atoms with E-state index in [1.807, 2.05) is 0 Å². The number of nitro benzene ring substituents is 1. The molecule has 28 heavy (non-hydrogen) atoms. The molecule has 0 aliphatic heterocycles. The highest BCUT2D eigenvalue weighted by Crippen LogP contribution is 2.28. The third-order valence-corrected chi connectivity index (χ3v) is 4.42. The van der Waals surface area contributed by atoms with Crippen LogP contribution in [0.1, 0.15) is 32.1 Å². The van der Waals surface area contributed by atoms with Gasteiger partial charge in [-0.2, -0.15) is 0 Å². The van der Waals surface area contributed by atoms with Gasteiger partial charge in [0.05, 0.1) is 23.8 Å². The van der Waals surface area contributed by atoms with Crippen molar-refractivity contribution in [3.63, 3.8) is 0 Å². The predicted molar refractivity (Wildman–Crippen MR) is 98.8 cm³/mol. The van der Waals surface area contributed by atoms with E-state index in [2.05, 4.69) is 10.6 Å². The second kappa shape index (κ2) is 10.2. The number of nitro groups is 1. The van der Waals surface area contributed by atoms with Crippen LogP contribution >= 0.6 is 0 Å². The molecule has 1 saturated carbocycles. The number of nitrogens with zero attached hydrogens (tertiary/aromatic N) is 1. The van der Waals surface area contributed by atoms with E-state index in [1.165, 1.54) is 25.3 Å². The van der Waals surface area contributed by atoms with E-state index < -0.39 is 23.4 Å². The van der Waals surface area contributed by atoms with Crippen molar-refractivity contribution < 1.29 is 28.8 Å². The van der Waals surface area contributed by atoms with Gasteiger partial charge in [0, 0.05) is 12.0 Å². The van der Waals surface area contributed by atoms with Crippen molar-refractivity contribution >= 4 is 29.2 Å². The van der Waals surface area contributed by atoms with Gasteiger partial charge < -0.3 is 20.1 Å². The molecular weight excluding hydrogens is 370 g/mol. The van der Waals surface area contributed by atoms with Crippen LogP contribution in [0.2, 0.25) is 0 Å². The summed E-state index contributed by atoms with van der Waals surface area (Å²) >= 11 is 0. The second-order valence-corrected chi connectivity index (χ2v) is 6.40. The normalized spacial score (nSPS) is 14.0. The average Bonchev–Trinajstić information content (AvgIpc) is 2.71. The molecule has 0 saturated heterocycles. The first-order valence-corrected chi connectivity index (χ1v) is 8.96. The Morgan fingerprint density at radius 2 is 1.93 bits per heavy atom. The number of hydrogen-bond donors (Lipinski definition) is 2. The van der Waals surface area contributed by atoms with E-state index in [0.717, 1.165) is 32.1 Å². The SMILES string of the molecule is COc1cc([N+](=O)[O-])ccc1NC(=O)COC(=O)CNC(=O)C1CCCCC1. The van der Waals surface area contributed by atoms with E-state index in [4.69, 9.17) is 9.47 Å². The van der Waals surface area contributed by atoms with Crippen LogP contribution in [-0.2, 0) is 19.1 Å². The molecular formula is C18H23N3O7. The van der Waals surface area contributed by atoms with Gasteiger partial charge in [0.15, 0.2) is 6.61 Å². The lowest BCUT2D eigenvalue weighted by Gasteiger charge is -2.20. The lowest BCUT2D eigenvalue weighted by molar-refractivity contribution is -0.384. The molecule has 2 rings (SSSR count). The highest BCUT2D eigenvalue weighted by atomic mass is 16.6. The lowest BCUT2D eigenvalue weighted by Crippen LogP contribution is -2.36. The topological polar surface area (TPSA) is 137 Å². The summed E-state index contributed by atoms with van der Waals surface area (Å²) in [5.41, 5.74) is 0.0229. The molecule has 0 atom stereocenters.